The number of rotatable bonds is 4. The van der Waals surface area contributed by atoms with Crippen LogP contribution in [0.15, 0.2) is 158 Å². The van der Waals surface area contributed by atoms with Crippen molar-refractivity contribution in [3.63, 3.8) is 0 Å². The van der Waals surface area contributed by atoms with Gasteiger partial charge in [-0.3, -0.25) is 0 Å². The van der Waals surface area contributed by atoms with Crippen LogP contribution in [0, 0.1) is 0 Å². The quantitative estimate of drug-likeness (QED) is 0.178. The van der Waals surface area contributed by atoms with Crippen molar-refractivity contribution >= 4 is 64.4 Å². The van der Waals surface area contributed by atoms with Crippen molar-refractivity contribution in [1.82, 2.24) is 0 Å². The Morgan fingerprint density at radius 1 is 0.318 bits per heavy atom. The molecule has 44 heavy (non-hydrogen) atoms. The van der Waals surface area contributed by atoms with E-state index in [1.54, 1.807) is 0 Å². The lowest BCUT2D eigenvalue weighted by molar-refractivity contribution is 1.65. The zero-order chi connectivity index (χ0) is 29.0. The maximum absolute atomic E-state index is 2.46. The summed E-state index contributed by atoms with van der Waals surface area (Å²) in [4.78, 5) is 2.60. The first-order valence-electron chi connectivity index (χ1n) is 14.9. The van der Waals surface area contributed by atoms with Gasteiger partial charge in [0.05, 0.1) is 0 Å². The van der Waals surface area contributed by atoms with Gasteiger partial charge in [-0.15, -0.1) is 22.7 Å². The fourth-order valence-electron chi connectivity index (χ4n) is 6.68. The lowest BCUT2D eigenvalue weighted by Gasteiger charge is -2.14. The first-order chi connectivity index (χ1) is 21.8. The van der Waals surface area contributed by atoms with Crippen molar-refractivity contribution in [2.24, 2.45) is 0 Å². The van der Waals surface area contributed by atoms with E-state index in [4.69, 9.17) is 0 Å². The maximum atomic E-state index is 2.46. The summed E-state index contributed by atoms with van der Waals surface area (Å²) in [6.07, 6.45) is 0. The van der Waals surface area contributed by atoms with Gasteiger partial charge < -0.3 is 0 Å². The third-order valence-electron chi connectivity index (χ3n) is 8.68. The SMILES string of the molecule is c1ccc(-c2cc3c(s2)c(-c2ccccc2)c(-c2ccccc2)c2sc(-c4cc5ccccc5c5ccccc45)cc23)cc1. The zero-order valence-corrected chi connectivity index (χ0v) is 25.5. The molecule has 0 aliphatic heterocycles. The molecule has 0 amide bonds. The molecule has 2 aromatic heterocycles. The summed E-state index contributed by atoms with van der Waals surface area (Å²) in [5, 5.41) is 7.84. The number of thiophene rings is 2. The predicted octanol–water partition coefficient (Wildman–Crippen LogP) is 13.1. The molecule has 0 nitrogen and oxygen atoms in total. The minimum Gasteiger partial charge on any atom is -0.135 e. The van der Waals surface area contributed by atoms with E-state index >= 15 is 0 Å². The number of hydrogen-bond donors (Lipinski definition) is 0. The summed E-state index contributed by atoms with van der Waals surface area (Å²) in [5.74, 6) is 0. The topological polar surface area (TPSA) is 0 Å². The molecular formula is C42H26S2. The van der Waals surface area contributed by atoms with E-state index in [2.05, 4.69) is 158 Å². The predicted molar refractivity (Wildman–Crippen MR) is 194 cm³/mol. The molecular weight excluding hydrogens is 569 g/mol. The highest BCUT2D eigenvalue weighted by Gasteiger charge is 2.23. The minimum atomic E-state index is 1.25. The Labute approximate surface area is 264 Å². The molecule has 0 bridgehead atoms. The summed E-state index contributed by atoms with van der Waals surface area (Å²) in [7, 11) is 0. The monoisotopic (exact) mass is 594 g/mol. The lowest BCUT2D eigenvalue weighted by atomic mass is 9.91. The van der Waals surface area contributed by atoms with Crippen LogP contribution in [-0.4, -0.2) is 0 Å². The molecule has 2 heterocycles. The highest BCUT2D eigenvalue weighted by atomic mass is 32.1. The van der Waals surface area contributed by atoms with Crippen LogP contribution in [-0.2, 0) is 0 Å². The first-order valence-corrected chi connectivity index (χ1v) is 16.6. The van der Waals surface area contributed by atoms with Crippen molar-refractivity contribution in [2.45, 2.75) is 0 Å². The average Bonchev–Trinajstić information content (AvgIpc) is 3.74. The molecule has 7 aromatic carbocycles. The van der Waals surface area contributed by atoms with Crippen molar-refractivity contribution in [2.75, 3.05) is 0 Å². The summed E-state index contributed by atoms with van der Waals surface area (Å²) >= 11 is 3.84. The largest absolute Gasteiger partial charge is 0.135 e. The Morgan fingerprint density at radius 2 is 0.773 bits per heavy atom. The number of fused-ring (bicyclic) bond motifs is 6. The van der Waals surface area contributed by atoms with Crippen LogP contribution in [0.4, 0.5) is 0 Å². The number of hydrogen-bond acceptors (Lipinski definition) is 2. The normalized spacial score (nSPS) is 11.6. The van der Waals surface area contributed by atoms with Gasteiger partial charge in [0.15, 0.2) is 0 Å². The van der Waals surface area contributed by atoms with Gasteiger partial charge in [0.1, 0.15) is 0 Å². The summed E-state index contributed by atoms with van der Waals surface area (Å²) in [6, 6.07) is 57.7. The van der Waals surface area contributed by atoms with Gasteiger partial charge in [-0.2, -0.15) is 0 Å². The van der Waals surface area contributed by atoms with Gasteiger partial charge in [0.2, 0.25) is 0 Å². The molecule has 0 saturated heterocycles. The van der Waals surface area contributed by atoms with E-state index in [-0.39, 0.29) is 0 Å². The third kappa shape index (κ3) is 4.03. The van der Waals surface area contributed by atoms with Crippen LogP contribution >= 0.6 is 22.7 Å². The van der Waals surface area contributed by atoms with Gasteiger partial charge in [-0.25, -0.2) is 0 Å². The summed E-state index contributed by atoms with van der Waals surface area (Å²) in [6.45, 7) is 0. The highest BCUT2D eigenvalue weighted by molar-refractivity contribution is 7.25. The first kappa shape index (κ1) is 25.5. The van der Waals surface area contributed by atoms with Crippen LogP contribution in [0.25, 0.3) is 84.9 Å². The Balaban J connectivity index is 1.44. The Kier molecular flexibility index (Phi) is 5.97. The average molecular weight is 595 g/mol. The fourth-order valence-corrected chi connectivity index (χ4v) is 9.20. The molecule has 0 fully saturated rings. The molecule has 0 atom stereocenters. The van der Waals surface area contributed by atoms with Gasteiger partial charge in [-0.05, 0) is 56.4 Å². The molecule has 2 heteroatoms. The van der Waals surface area contributed by atoms with E-state index in [1.165, 1.54) is 84.9 Å². The van der Waals surface area contributed by atoms with Crippen LogP contribution in [0.2, 0.25) is 0 Å². The molecule has 0 saturated carbocycles. The second-order valence-corrected chi connectivity index (χ2v) is 13.4. The van der Waals surface area contributed by atoms with Crippen molar-refractivity contribution in [3.05, 3.63) is 158 Å². The second kappa shape index (κ2) is 10.3. The summed E-state index contributed by atoms with van der Waals surface area (Å²) < 4.78 is 2.68. The van der Waals surface area contributed by atoms with Crippen LogP contribution in [0.5, 0.6) is 0 Å². The molecule has 206 valence electrons. The standard InChI is InChI=1S/C42H26S2/c1-4-14-27(15-5-1)37-25-35-36-26-38(34-24-30-20-10-11-21-31(30)32-22-12-13-23-33(32)34)44-42(36)40(29-18-8-3-9-19-29)39(41(35)43-37)28-16-6-2-7-17-28/h1-26H. The third-order valence-corrected chi connectivity index (χ3v) is 11.1. The maximum Gasteiger partial charge on any atom is 0.0441 e. The van der Waals surface area contributed by atoms with E-state index in [9.17, 15) is 0 Å². The smallest absolute Gasteiger partial charge is 0.0441 e. The zero-order valence-electron chi connectivity index (χ0n) is 23.8. The molecule has 0 aliphatic carbocycles. The van der Waals surface area contributed by atoms with E-state index in [0.717, 1.165) is 0 Å². The number of benzene rings is 7. The van der Waals surface area contributed by atoms with E-state index < -0.39 is 0 Å². The molecule has 9 aromatic rings. The molecule has 0 unspecified atom stereocenters. The van der Waals surface area contributed by atoms with Crippen molar-refractivity contribution in [1.29, 1.82) is 0 Å². The molecule has 0 radical (unpaired) electrons. The van der Waals surface area contributed by atoms with Gasteiger partial charge in [0, 0.05) is 46.6 Å². The van der Waals surface area contributed by atoms with E-state index in [1.807, 2.05) is 22.7 Å². The molecule has 0 aliphatic rings. The molecule has 0 spiro atoms. The lowest BCUT2D eigenvalue weighted by Crippen LogP contribution is -1.87. The van der Waals surface area contributed by atoms with E-state index in [0.29, 0.717) is 0 Å². The Morgan fingerprint density at radius 3 is 1.39 bits per heavy atom. The van der Waals surface area contributed by atoms with Crippen molar-refractivity contribution in [3.8, 4) is 43.1 Å². The van der Waals surface area contributed by atoms with Gasteiger partial charge in [-0.1, -0.05) is 140 Å². The van der Waals surface area contributed by atoms with Crippen LogP contribution in [0.1, 0.15) is 0 Å². The highest BCUT2D eigenvalue weighted by Crippen LogP contribution is 2.53. The minimum absolute atomic E-state index is 1.25. The van der Waals surface area contributed by atoms with Crippen LogP contribution in [0.3, 0.4) is 0 Å². The fraction of sp³-hybridized carbons (Fsp3) is 0. The second-order valence-electron chi connectivity index (χ2n) is 11.2. The Hall–Kier alpha value is -5.02. The summed E-state index contributed by atoms with van der Waals surface area (Å²) in [5.41, 5.74) is 7.71. The Bertz CT molecular complexity index is 2470. The molecule has 9 rings (SSSR count). The molecule has 0 N–H and O–H groups in total. The van der Waals surface area contributed by atoms with Crippen LogP contribution < -0.4 is 0 Å². The van der Waals surface area contributed by atoms with Gasteiger partial charge >= 0.3 is 0 Å². The van der Waals surface area contributed by atoms with Gasteiger partial charge in [0.25, 0.3) is 0 Å². The van der Waals surface area contributed by atoms with Crippen molar-refractivity contribution < 1.29 is 0 Å².